The maximum atomic E-state index is 5.54. The summed E-state index contributed by atoms with van der Waals surface area (Å²) in [6, 6.07) is 0. The van der Waals surface area contributed by atoms with Crippen LogP contribution < -0.4 is 5.73 Å². The second kappa shape index (κ2) is 5.84. The lowest BCUT2D eigenvalue weighted by Gasteiger charge is -2.01. The van der Waals surface area contributed by atoms with E-state index in [0.29, 0.717) is 13.1 Å². The zero-order valence-electron chi connectivity index (χ0n) is 10.0. The summed E-state index contributed by atoms with van der Waals surface area (Å²) in [5.41, 5.74) is 8.69. The van der Waals surface area contributed by atoms with Crippen LogP contribution in [0.25, 0.3) is 0 Å². The van der Waals surface area contributed by atoms with Gasteiger partial charge in [0.2, 0.25) is 0 Å². The first-order valence-corrected chi connectivity index (χ1v) is 5.40. The summed E-state index contributed by atoms with van der Waals surface area (Å²) in [7, 11) is 0. The summed E-state index contributed by atoms with van der Waals surface area (Å²) in [4.78, 5) is 0. The minimum Gasteiger partial charge on any atom is -0.361 e. The number of aryl methyl sites for hydroxylation is 2. The predicted octanol–water partition coefficient (Wildman–Crippen LogP) is 1.67. The molecule has 0 atom stereocenters. The van der Waals surface area contributed by atoms with Gasteiger partial charge in [0, 0.05) is 23.9 Å². The van der Waals surface area contributed by atoms with Crippen LogP contribution in [0.15, 0.2) is 16.9 Å². The first-order chi connectivity index (χ1) is 7.74. The maximum Gasteiger partial charge on any atom is 0.138 e. The van der Waals surface area contributed by atoms with Gasteiger partial charge in [0.05, 0.1) is 18.4 Å². The van der Waals surface area contributed by atoms with Crippen molar-refractivity contribution in [2.75, 3.05) is 0 Å². The summed E-state index contributed by atoms with van der Waals surface area (Å²) < 4.78 is 7.04. The number of halogens is 1. The molecule has 2 heterocycles. The molecule has 2 N–H and O–H groups in total. The van der Waals surface area contributed by atoms with Crippen molar-refractivity contribution in [3.05, 3.63) is 35.0 Å². The normalized spacial score (nSPS) is 10.3. The molecule has 2 rings (SSSR count). The van der Waals surface area contributed by atoms with Crippen molar-refractivity contribution in [1.82, 2.24) is 14.9 Å². The Balaban J connectivity index is 0.00000144. The van der Waals surface area contributed by atoms with Gasteiger partial charge in [-0.15, -0.1) is 12.4 Å². The average Bonchev–Trinajstić information content (AvgIpc) is 2.88. The minimum absolute atomic E-state index is 0. The topological polar surface area (TPSA) is 69.9 Å². The zero-order chi connectivity index (χ0) is 11.5. The van der Waals surface area contributed by atoms with Gasteiger partial charge in [-0.3, -0.25) is 4.68 Å². The molecular weight excluding hydrogens is 240 g/mol. The van der Waals surface area contributed by atoms with Crippen molar-refractivity contribution < 1.29 is 4.52 Å². The van der Waals surface area contributed by atoms with Crippen LogP contribution in [0.2, 0.25) is 0 Å². The first kappa shape index (κ1) is 13.7. The minimum atomic E-state index is 0. The maximum absolute atomic E-state index is 5.54. The molecule has 2 aromatic rings. The third-order valence-corrected chi connectivity index (χ3v) is 2.64. The summed E-state index contributed by atoms with van der Waals surface area (Å²) in [5.74, 6) is 0.863. The second-order valence-electron chi connectivity index (χ2n) is 3.77. The highest BCUT2D eigenvalue weighted by molar-refractivity contribution is 5.85. The molecule has 0 aliphatic heterocycles. The molecule has 0 aromatic carbocycles. The SMILES string of the molecule is CCc1noc(C)c1Cn1cc(CN)cn1.Cl. The van der Waals surface area contributed by atoms with Gasteiger partial charge in [-0.1, -0.05) is 12.1 Å². The van der Waals surface area contributed by atoms with Gasteiger partial charge >= 0.3 is 0 Å². The Hall–Kier alpha value is -1.33. The molecule has 94 valence electrons. The summed E-state index contributed by atoms with van der Waals surface area (Å²) >= 11 is 0. The van der Waals surface area contributed by atoms with Gasteiger partial charge in [-0.05, 0) is 13.3 Å². The molecule has 17 heavy (non-hydrogen) atoms. The Kier molecular flexibility index (Phi) is 4.72. The van der Waals surface area contributed by atoms with Crippen molar-refractivity contribution in [1.29, 1.82) is 0 Å². The monoisotopic (exact) mass is 256 g/mol. The Morgan fingerprint density at radius 1 is 1.47 bits per heavy atom. The second-order valence-corrected chi connectivity index (χ2v) is 3.77. The highest BCUT2D eigenvalue weighted by Crippen LogP contribution is 2.15. The third-order valence-electron chi connectivity index (χ3n) is 2.64. The number of nitrogens with zero attached hydrogens (tertiary/aromatic N) is 3. The van der Waals surface area contributed by atoms with Crippen LogP contribution in [-0.4, -0.2) is 14.9 Å². The van der Waals surface area contributed by atoms with Gasteiger partial charge in [0.1, 0.15) is 5.76 Å². The number of aromatic nitrogens is 3. The molecule has 2 aromatic heterocycles. The number of hydrogen-bond donors (Lipinski definition) is 1. The highest BCUT2D eigenvalue weighted by atomic mass is 35.5. The molecule has 0 fully saturated rings. The molecule has 0 unspecified atom stereocenters. The third kappa shape index (κ3) is 2.87. The van der Waals surface area contributed by atoms with Crippen LogP contribution in [0.5, 0.6) is 0 Å². The van der Waals surface area contributed by atoms with Crippen molar-refractivity contribution in [3.8, 4) is 0 Å². The fourth-order valence-electron chi connectivity index (χ4n) is 1.68. The molecule has 5 nitrogen and oxygen atoms in total. The van der Waals surface area contributed by atoms with Crippen molar-refractivity contribution >= 4 is 12.4 Å². The Labute approximate surface area is 106 Å². The van der Waals surface area contributed by atoms with E-state index in [1.165, 1.54) is 0 Å². The van der Waals surface area contributed by atoms with Crippen LogP contribution in [0, 0.1) is 6.92 Å². The molecule has 6 heteroatoms. The molecular formula is C11H17ClN4O. The molecule has 0 saturated heterocycles. The number of rotatable bonds is 4. The molecule has 0 aliphatic carbocycles. The quantitative estimate of drug-likeness (QED) is 0.903. The van der Waals surface area contributed by atoms with Crippen LogP contribution in [0.1, 0.15) is 29.5 Å². The van der Waals surface area contributed by atoms with E-state index in [9.17, 15) is 0 Å². The van der Waals surface area contributed by atoms with Gasteiger partial charge in [0.25, 0.3) is 0 Å². The Morgan fingerprint density at radius 2 is 2.24 bits per heavy atom. The van der Waals surface area contributed by atoms with E-state index in [4.69, 9.17) is 10.3 Å². The molecule has 0 saturated carbocycles. The largest absolute Gasteiger partial charge is 0.361 e. The van der Waals surface area contributed by atoms with Gasteiger partial charge in [-0.2, -0.15) is 5.10 Å². The molecule has 0 aliphatic rings. The smallest absolute Gasteiger partial charge is 0.138 e. The number of hydrogen-bond acceptors (Lipinski definition) is 4. The van der Waals surface area contributed by atoms with E-state index in [1.54, 1.807) is 6.20 Å². The summed E-state index contributed by atoms with van der Waals surface area (Å²) in [6.07, 6.45) is 4.61. The van der Waals surface area contributed by atoms with E-state index in [2.05, 4.69) is 17.2 Å². The van der Waals surface area contributed by atoms with E-state index in [-0.39, 0.29) is 12.4 Å². The van der Waals surface area contributed by atoms with Crippen molar-refractivity contribution in [3.63, 3.8) is 0 Å². The first-order valence-electron chi connectivity index (χ1n) is 5.40. The van der Waals surface area contributed by atoms with Gasteiger partial charge in [-0.25, -0.2) is 0 Å². The lowest BCUT2D eigenvalue weighted by Crippen LogP contribution is -2.03. The Morgan fingerprint density at radius 3 is 2.82 bits per heavy atom. The van der Waals surface area contributed by atoms with Gasteiger partial charge in [0.15, 0.2) is 0 Å². The molecule has 0 bridgehead atoms. The molecule has 0 amide bonds. The van der Waals surface area contributed by atoms with Gasteiger partial charge < -0.3 is 10.3 Å². The fraction of sp³-hybridized carbons (Fsp3) is 0.455. The van der Waals surface area contributed by atoms with Crippen LogP contribution in [0.3, 0.4) is 0 Å². The highest BCUT2D eigenvalue weighted by Gasteiger charge is 2.11. The standard InChI is InChI=1S/C11H16N4O.ClH/c1-3-11-10(8(2)16-14-11)7-15-6-9(4-12)5-13-15;/h5-6H,3-4,7,12H2,1-2H3;1H. The number of nitrogens with two attached hydrogens (primary N) is 1. The van der Waals surface area contributed by atoms with E-state index >= 15 is 0 Å². The van der Waals surface area contributed by atoms with Crippen LogP contribution in [-0.2, 0) is 19.5 Å². The van der Waals surface area contributed by atoms with Crippen molar-refractivity contribution in [2.24, 2.45) is 5.73 Å². The van der Waals surface area contributed by atoms with E-state index in [1.807, 2.05) is 17.8 Å². The van der Waals surface area contributed by atoms with E-state index in [0.717, 1.165) is 29.0 Å². The molecule has 0 spiro atoms. The predicted molar refractivity (Wildman–Crippen MR) is 67.1 cm³/mol. The summed E-state index contributed by atoms with van der Waals surface area (Å²) in [6.45, 7) is 5.20. The zero-order valence-corrected chi connectivity index (χ0v) is 10.8. The van der Waals surface area contributed by atoms with E-state index < -0.39 is 0 Å². The Bertz CT molecular complexity index is 478. The summed E-state index contributed by atoms with van der Waals surface area (Å²) in [5, 5.41) is 8.26. The lowest BCUT2D eigenvalue weighted by atomic mass is 10.1. The fourth-order valence-corrected chi connectivity index (χ4v) is 1.68. The lowest BCUT2D eigenvalue weighted by molar-refractivity contribution is 0.390. The van der Waals surface area contributed by atoms with Crippen LogP contribution in [0.4, 0.5) is 0 Å². The molecule has 0 radical (unpaired) electrons. The van der Waals surface area contributed by atoms with Crippen LogP contribution >= 0.6 is 12.4 Å². The average molecular weight is 257 g/mol. The van der Waals surface area contributed by atoms with Crippen molar-refractivity contribution in [2.45, 2.75) is 33.4 Å².